The maximum atomic E-state index is 12.9. The highest BCUT2D eigenvalue weighted by Crippen LogP contribution is 2.42. The van der Waals surface area contributed by atoms with Gasteiger partial charge in [-0.25, -0.2) is 0 Å². The monoisotopic (exact) mass is 252 g/mol. The number of hydrogen-bond acceptors (Lipinski definition) is 2. The third-order valence-electron chi connectivity index (χ3n) is 4.96. The van der Waals surface area contributed by atoms with Gasteiger partial charge in [-0.05, 0) is 58.5 Å². The summed E-state index contributed by atoms with van der Waals surface area (Å²) >= 11 is 0. The van der Waals surface area contributed by atoms with Gasteiger partial charge in [-0.15, -0.1) is 0 Å². The van der Waals surface area contributed by atoms with E-state index in [-0.39, 0.29) is 5.41 Å². The van der Waals surface area contributed by atoms with Crippen molar-refractivity contribution < 1.29 is 4.79 Å². The van der Waals surface area contributed by atoms with Gasteiger partial charge in [0.15, 0.2) is 0 Å². The average Bonchev–Trinajstić information content (AvgIpc) is 2.52. The fourth-order valence-corrected chi connectivity index (χ4v) is 3.64. The van der Waals surface area contributed by atoms with Crippen molar-refractivity contribution in [2.45, 2.75) is 58.9 Å². The lowest BCUT2D eigenvalue weighted by atomic mass is 9.69. The Hall–Kier alpha value is -0.570. The standard InChI is InChI=1S/C15H28N2O/c1-12(2)17-11-5-4-8-15(3,14(17)18)13-6-9-16-10-7-13/h12-13,16H,4-11H2,1-3H3. The second-order valence-corrected chi connectivity index (χ2v) is 6.49. The molecule has 3 nitrogen and oxygen atoms in total. The number of piperidine rings is 1. The number of likely N-dealkylation sites (tertiary alicyclic amines) is 1. The highest BCUT2D eigenvalue weighted by Gasteiger charge is 2.44. The van der Waals surface area contributed by atoms with Gasteiger partial charge in [0.05, 0.1) is 0 Å². The largest absolute Gasteiger partial charge is 0.340 e. The maximum absolute atomic E-state index is 12.9. The zero-order chi connectivity index (χ0) is 13.2. The normalized spacial score (nSPS) is 31.8. The van der Waals surface area contributed by atoms with Gasteiger partial charge in [0.2, 0.25) is 5.91 Å². The van der Waals surface area contributed by atoms with Gasteiger partial charge in [-0.3, -0.25) is 4.79 Å². The lowest BCUT2D eigenvalue weighted by molar-refractivity contribution is -0.146. The number of nitrogens with zero attached hydrogens (tertiary/aromatic N) is 1. The van der Waals surface area contributed by atoms with Crippen molar-refractivity contribution in [1.82, 2.24) is 10.2 Å². The lowest BCUT2D eigenvalue weighted by Crippen LogP contribution is -2.49. The summed E-state index contributed by atoms with van der Waals surface area (Å²) in [5.41, 5.74) is -0.108. The minimum absolute atomic E-state index is 0.108. The number of carbonyl (C=O) groups is 1. The summed E-state index contributed by atoms with van der Waals surface area (Å²) in [7, 11) is 0. The first-order valence-corrected chi connectivity index (χ1v) is 7.57. The molecule has 1 N–H and O–H groups in total. The summed E-state index contributed by atoms with van der Waals surface area (Å²) in [6.45, 7) is 9.63. The van der Waals surface area contributed by atoms with Crippen LogP contribution in [0, 0.1) is 11.3 Å². The second kappa shape index (κ2) is 5.60. The molecule has 0 aliphatic carbocycles. The van der Waals surface area contributed by atoms with E-state index in [1.807, 2.05) is 0 Å². The fraction of sp³-hybridized carbons (Fsp3) is 0.933. The summed E-state index contributed by atoms with van der Waals surface area (Å²) in [6.07, 6.45) is 5.78. The molecule has 2 saturated heterocycles. The molecule has 18 heavy (non-hydrogen) atoms. The molecule has 1 amide bonds. The van der Waals surface area contributed by atoms with Crippen molar-refractivity contribution >= 4 is 5.91 Å². The van der Waals surface area contributed by atoms with Gasteiger partial charge in [-0.1, -0.05) is 13.3 Å². The third kappa shape index (κ3) is 2.56. The molecule has 0 bridgehead atoms. The van der Waals surface area contributed by atoms with E-state index in [0.29, 0.717) is 17.9 Å². The van der Waals surface area contributed by atoms with Crippen LogP contribution in [0.15, 0.2) is 0 Å². The summed E-state index contributed by atoms with van der Waals surface area (Å²) in [5.74, 6) is 0.993. The summed E-state index contributed by atoms with van der Waals surface area (Å²) in [4.78, 5) is 15.0. The van der Waals surface area contributed by atoms with E-state index < -0.39 is 0 Å². The number of hydrogen-bond donors (Lipinski definition) is 1. The van der Waals surface area contributed by atoms with Crippen molar-refractivity contribution in [2.75, 3.05) is 19.6 Å². The molecule has 104 valence electrons. The van der Waals surface area contributed by atoms with Crippen molar-refractivity contribution in [3.05, 3.63) is 0 Å². The Morgan fingerprint density at radius 2 is 1.94 bits per heavy atom. The zero-order valence-electron chi connectivity index (χ0n) is 12.2. The third-order valence-corrected chi connectivity index (χ3v) is 4.96. The Bertz CT molecular complexity index is 297. The predicted molar refractivity (Wildman–Crippen MR) is 74.4 cm³/mol. The molecule has 2 aliphatic rings. The van der Waals surface area contributed by atoms with E-state index in [9.17, 15) is 4.79 Å². The number of rotatable bonds is 2. The molecule has 0 spiro atoms. The first-order valence-electron chi connectivity index (χ1n) is 7.57. The van der Waals surface area contributed by atoms with Gasteiger partial charge >= 0.3 is 0 Å². The van der Waals surface area contributed by atoms with Crippen LogP contribution in [0.3, 0.4) is 0 Å². The Labute approximate surface area is 111 Å². The zero-order valence-corrected chi connectivity index (χ0v) is 12.2. The van der Waals surface area contributed by atoms with Crippen LogP contribution in [0.4, 0.5) is 0 Å². The molecule has 1 atom stereocenters. The van der Waals surface area contributed by atoms with Crippen molar-refractivity contribution in [3.63, 3.8) is 0 Å². The number of amides is 1. The molecule has 2 fully saturated rings. The van der Waals surface area contributed by atoms with E-state index in [1.54, 1.807) is 0 Å². The molecule has 0 saturated carbocycles. The topological polar surface area (TPSA) is 32.3 Å². The molecular weight excluding hydrogens is 224 g/mol. The molecule has 2 aliphatic heterocycles. The Morgan fingerprint density at radius 1 is 1.28 bits per heavy atom. The van der Waals surface area contributed by atoms with Crippen LogP contribution in [0.5, 0.6) is 0 Å². The van der Waals surface area contributed by atoms with Gasteiger partial charge in [0, 0.05) is 18.0 Å². The smallest absolute Gasteiger partial charge is 0.229 e. The first-order chi connectivity index (χ1) is 8.55. The fourth-order valence-electron chi connectivity index (χ4n) is 3.64. The molecule has 0 aromatic carbocycles. The molecule has 2 rings (SSSR count). The van der Waals surface area contributed by atoms with Gasteiger partial charge in [-0.2, -0.15) is 0 Å². The number of nitrogens with one attached hydrogen (secondary N) is 1. The van der Waals surface area contributed by atoms with Gasteiger partial charge in [0.1, 0.15) is 0 Å². The Kier molecular flexibility index (Phi) is 4.31. The molecule has 3 heteroatoms. The Balaban J connectivity index is 2.19. The SMILES string of the molecule is CC(C)N1CCCCC(C)(C2CCNCC2)C1=O. The van der Waals surface area contributed by atoms with Crippen LogP contribution >= 0.6 is 0 Å². The highest BCUT2D eigenvalue weighted by atomic mass is 16.2. The van der Waals surface area contributed by atoms with E-state index in [0.717, 1.165) is 38.9 Å². The van der Waals surface area contributed by atoms with Crippen LogP contribution in [-0.2, 0) is 4.79 Å². The van der Waals surface area contributed by atoms with Gasteiger partial charge in [0.25, 0.3) is 0 Å². The predicted octanol–water partition coefficient (Wildman–Crippen LogP) is 2.41. The molecule has 2 heterocycles. The van der Waals surface area contributed by atoms with E-state index in [1.165, 1.54) is 12.8 Å². The van der Waals surface area contributed by atoms with E-state index in [2.05, 4.69) is 31.0 Å². The van der Waals surface area contributed by atoms with Crippen molar-refractivity contribution in [3.8, 4) is 0 Å². The molecule has 1 unspecified atom stereocenters. The van der Waals surface area contributed by atoms with Crippen LogP contribution in [0.25, 0.3) is 0 Å². The van der Waals surface area contributed by atoms with Gasteiger partial charge < -0.3 is 10.2 Å². The first kappa shape index (κ1) is 13.9. The summed E-state index contributed by atoms with van der Waals surface area (Å²) < 4.78 is 0. The van der Waals surface area contributed by atoms with E-state index in [4.69, 9.17) is 0 Å². The van der Waals surface area contributed by atoms with E-state index >= 15 is 0 Å². The second-order valence-electron chi connectivity index (χ2n) is 6.49. The number of carbonyl (C=O) groups excluding carboxylic acids is 1. The quantitative estimate of drug-likeness (QED) is 0.818. The van der Waals surface area contributed by atoms with Crippen molar-refractivity contribution in [2.24, 2.45) is 11.3 Å². The minimum Gasteiger partial charge on any atom is -0.340 e. The molecule has 0 aromatic rings. The highest BCUT2D eigenvalue weighted by molar-refractivity contribution is 5.83. The van der Waals surface area contributed by atoms with Crippen LogP contribution in [0.1, 0.15) is 52.9 Å². The van der Waals surface area contributed by atoms with Crippen LogP contribution in [-0.4, -0.2) is 36.5 Å². The van der Waals surface area contributed by atoms with Crippen LogP contribution in [0.2, 0.25) is 0 Å². The molecular formula is C15H28N2O. The van der Waals surface area contributed by atoms with Crippen LogP contribution < -0.4 is 5.32 Å². The minimum atomic E-state index is -0.108. The van der Waals surface area contributed by atoms with Crippen molar-refractivity contribution in [1.29, 1.82) is 0 Å². The Morgan fingerprint density at radius 3 is 2.56 bits per heavy atom. The lowest BCUT2D eigenvalue weighted by Gasteiger charge is -2.41. The molecule has 0 aromatic heterocycles. The maximum Gasteiger partial charge on any atom is 0.229 e. The summed E-state index contributed by atoms with van der Waals surface area (Å²) in [5, 5.41) is 3.41. The average molecular weight is 252 g/mol. The molecule has 0 radical (unpaired) electrons. The summed E-state index contributed by atoms with van der Waals surface area (Å²) in [6, 6.07) is 0.344.